The van der Waals surface area contributed by atoms with E-state index in [0.29, 0.717) is 4.88 Å². The molecule has 2 rings (SSSR count). The van der Waals surface area contributed by atoms with Crippen LogP contribution in [0.4, 0.5) is 0 Å². The summed E-state index contributed by atoms with van der Waals surface area (Å²) in [6.07, 6.45) is 10.8. The first-order valence-electron chi connectivity index (χ1n) is 6.68. The van der Waals surface area contributed by atoms with Gasteiger partial charge in [0.05, 0.1) is 11.4 Å². The Kier molecular flexibility index (Phi) is 4.80. The van der Waals surface area contributed by atoms with Crippen molar-refractivity contribution in [2.24, 2.45) is 0 Å². The molecule has 0 spiro atoms. The number of hydrogen-bond donors (Lipinski definition) is 1. The van der Waals surface area contributed by atoms with Gasteiger partial charge < -0.3 is 10.0 Å². The molecule has 1 N–H and O–H groups in total. The molecular formula is C15H17NO3S. The largest absolute Gasteiger partial charge is 0.480 e. The van der Waals surface area contributed by atoms with Crippen molar-refractivity contribution < 1.29 is 14.7 Å². The minimum atomic E-state index is -1.05. The Morgan fingerprint density at radius 1 is 1.35 bits per heavy atom. The van der Waals surface area contributed by atoms with Crippen LogP contribution in [-0.2, 0) is 17.6 Å². The lowest BCUT2D eigenvalue weighted by Gasteiger charge is -2.16. The molecule has 1 aromatic heterocycles. The van der Waals surface area contributed by atoms with Gasteiger partial charge in [0.2, 0.25) is 0 Å². The third kappa shape index (κ3) is 3.40. The Labute approximate surface area is 122 Å². The second-order valence-electron chi connectivity index (χ2n) is 4.88. The summed E-state index contributed by atoms with van der Waals surface area (Å²) >= 11 is 1.49. The molecule has 1 aromatic rings. The fraction of sp³-hybridized carbons (Fsp3) is 0.467. The molecule has 0 aliphatic heterocycles. The highest BCUT2D eigenvalue weighted by Gasteiger charge is 2.22. The number of terminal acetylenes is 1. The molecule has 1 aliphatic carbocycles. The summed E-state index contributed by atoms with van der Waals surface area (Å²) in [6.45, 7) is -0.334. The van der Waals surface area contributed by atoms with Crippen molar-refractivity contribution in [2.45, 2.75) is 32.1 Å². The summed E-state index contributed by atoms with van der Waals surface area (Å²) in [5, 5.41) is 8.85. The van der Waals surface area contributed by atoms with Crippen LogP contribution in [0.25, 0.3) is 0 Å². The summed E-state index contributed by atoms with van der Waals surface area (Å²) < 4.78 is 0. The highest BCUT2D eigenvalue weighted by molar-refractivity contribution is 7.14. The van der Waals surface area contributed by atoms with Crippen LogP contribution in [0.1, 0.15) is 39.4 Å². The van der Waals surface area contributed by atoms with E-state index in [4.69, 9.17) is 11.5 Å². The molecule has 0 unspecified atom stereocenters. The van der Waals surface area contributed by atoms with Gasteiger partial charge in [-0.2, -0.15) is 0 Å². The van der Waals surface area contributed by atoms with Gasteiger partial charge in [0.25, 0.3) is 5.91 Å². The maximum Gasteiger partial charge on any atom is 0.323 e. The summed E-state index contributed by atoms with van der Waals surface area (Å²) in [5.74, 6) is 1.02. The van der Waals surface area contributed by atoms with Crippen molar-refractivity contribution in [3.8, 4) is 12.3 Å². The van der Waals surface area contributed by atoms with Gasteiger partial charge in [-0.25, -0.2) is 0 Å². The predicted octanol–water partition coefficient (Wildman–Crippen LogP) is 2.18. The molecule has 1 heterocycles. The lowest BCUT2D eigenvalue weighted by Crippen LogP contribution is -2.35. The minimum absolute atomic E-state index is 0.0215. The van der Waals surface area contributed by atoms with Crippen molar-refractivity contribution in [1.29, 1.82) is 0 Å². The first-order valence-corrected chi connectivity index (χ1v) is 7.49. The van der Waals surface area contributed by atoms with Crippen LogP contribution >= 0.6 is 11.3 Å². The normalized spacial score (nSPS) is 13.9. The topological polar surface area (TPSA) is 57.6 Å². The Balaban J connectivity index is 2.19. The van der Waals surface area contributed by atoms with E-state index in [9.17, 15) is 9.59 Å². The number of carboxylic acids is 1. The number of aliphatic carboxylic acids is 1. The van der Waals surface area contributed by atoms with Gasteiger partial charge in [0, 0.05) is 4.88 Å². The average molecular weight is 291 g/mol. The van der Waals surface area contributed by atoms with E-state index in [1.165, 1.54) is 33.1 Å². The fourth-order valence-electron chi connectivity index (χ4n) is 2.40. The number of rotatable bonds is 4. The number of carbonyl (C=O) groups is 2. The lowest BCUT2D eigenvalue weighted by molar-refractivity contribution is -0.137. The van der Waals surface area contributed by atoms with E-state index < -0.39 is 5.97 Å². The molecule has 0 aromatic carbocycles. The number of nitrogens with zero attached hydrogens (tertiary/aromatic N) is 1. The lowest BCUT2D eigenvalue weighted by atomic mass is 10.1. The standard InChI is InChI=1S/C15H17NO3S/c1-2-8-16(10-14(17)18)15(19)13-9-11-6-4-3-5-7-12(11)20-13/h1,9H,3-8,10H2,(H,17,18). The number of carboxylic acid groups (broad SMARTS) is 1. The van der Waals surface area contributed by atoms with Crippen LogP contribution in [0.2, 0.25) is 0 Å². The number of hydrogen-bond acceptors (Lipinski definition) is 3. The Bertz CT molecular complexity index is 532. The summed E-state index contributed by atoms with van der Waals surface area (Å²) in [7, 11) is 0. The van der Waals surface area contributed by atoms with E-state index in [0.717, 1.165) is 25.7 Å². The number of thiophene rings is 1. The minimum Gasteiger partial charge on any atom is -0.480 e. The molecule has 0 atom stereocenters. The van der Waals surface area contributed by atoms with Gasteiger partial charge >= 0.3 is 5.97 Å². The van der Waals surface area contributed by atoms with Crippen molar-refractivity contribution in [2.75, 3.05) is 13.1 Å². The zero-order valence-electron chi connectivity index (χ0n) is 11.2. The quantitative estimate of drug-likeness (QED) is 0.683. The van der Waals surface area contributed by atoms with Gasteiger partial charge in [-0.15, -0.1) is 17.8 Å². The molecule has 1 amide bonds. The van der Waals surface area contributed by atoms with Gasteiger partial charge in [0.1, 0.15) is 6.54 Å². The van der Waals surface area contributed by atoms with Gasteiger partial charge in [0.15, 0.2) is 0 Å². The Morgan fingerprint density at radius 2 is 2.10 bits per heavy atom. The van der Waals surface area contributed by atoms with Crippen LogP contribution < -0.4 is 0 Å². The highest BCUT2D eigenvalue weighted by atomic mass is 32.1. The van der Waals surface area contributed by atoms with E-state index >= 15 is 0 Å². The van der Waals surface area contributed by atoms with Crippen LogP contribution in [0, 0.1) is 12.3 Å². The molecule has 0 saturated heterocycles. The van der Waals surface area contributed by atoms with E-state index in [1.807, 2.05) is 6.07 Å². The second kappa shape index (κ2) is 6.58. The molecule has 0 fully saturated rings. The van der Waals surface area contributed by atoms with Gasteiger partial charge in [-0.05, 0) is 37.3 Å². The molecule has 106 valence electrons. The maximum absolute atomic E-state index is 12.4. The SMILES string of the molecule is C#CCN(CC(=O)O)C(=O)c1cc2c(s1)CCCCC2. The second-order valence-corrected chi connectivity index (χ2v) is 6.02. The number of amides is 1. The van der Waals surface area contributed by atoms with Crippen LogP contribution in [0.15, 0.2) is 6.07 Å². The molecule has 5 heteroatoms. The number of aryl methyl sites for hydroxylation is 2. The van der Waals surface area contributed by atoms with Gasteiger partial charge in [-0.3, -0.25) is 9.59 Å². The van der Waals surface area contributed by atoms with E-state index in [-0.39, 0.29) is 19.0 Å². The fourth-order valence-corrected chi connectivity index (χ4v) is 3.62. The summed E-state index contributed by atoms with van der Waals surface area (Å²) in [4.78, 5) is 26.2. The first kappa shape index (κ1) is 14.6. The number of fused-ring (bicyclic) bond motifs is 1. The Hall–Kier alpha value is -1.80. The molecule has 1 aliphatic rings. The van der Waals surface area contributed by atoms with Crippen molar-refractivity contribution >= 4 is 23.2 Å². The smallest absolute Gasteiger partial charge is 0.323 e. The first-order chi connectivity index (χ1) is 9.61. The number of carbonyl (C=O) groups excluding carboxylic acids is 1. The zero-order valence-corrected chi connectivity index (χ0v) is 12.0. The van der Waals surface area contributed by atoms with Crippen LogP contribution in [0.3, 0.4) is 0 Å². The van der Waals surface area contributed by atoms with Crippen molar-refractivity contribution in [3.63, 3.8) is 0 Å². The van der Waals surface area contributed by atoms with Crippen LogP contribution in [-0.4, -0.2) is 35.0 Å². The molecule has 4 nitrogen and oxygen atoms in total. The zero-order chi connectivity index (χ0) is 14.5. The van der Waals surface area contributed by atoms with Crippen molar-refractivity contribution in [3.05, 3.63) is 21.4 Å². The average Bonchev–Trinajstić information content (AvgIpc) is 2.68. The predicted molar refractivity (Wildman–Crippen MR) is 78.0 cm³/mol. The summed E-state index contributed by atoms with van der Waals surface area (Å²) in [6, 6.07) is 1.92. The van der Waals surface area contributed by atoms with Gasteiger partial charge in [-0.1, -0.05) is 12.3 Å². The highest BCUT2D eigenvalue weighted by Crippen LogP contribution is 2.29. The molecule has 0 saturated carbocycles. The Morgan fingerprint density at radius 3 is 2.80 bits per heavy atom. The van der Waals surface area contributed by atoms with Crippen molar-refractivity contribution in [1.82, 2.24) is 4.90 Å². The molecule has 20 heavy (non-hydrogen) atoms. The molecule has 0 radical (unpaired) electrons. The molecular weight excluding hydrogens is 274 g/mol. The third-order valence-corrected chi connectivity index (χ3v) is 4.58. The monoisotopic (exact) mass is 291 g/mol. The maximum atomic E-state index is 12.4. The van der Waals surface area contributed by atoms with E-state index in [1.54, 1.807) is 0 Å². The molecule has 0 bridgehead atoms. The van der Waals surface area contributed by atoms with Crippen LogP contribution in [0.5, 0.6) is 0 Å². The summed E-state index contributed by atoms with van der Waals surface area (Å²) in [5.41, 5.74) is 1.24. The third-order valence-electron chi connectivity index (χ3n) is 3.35. The van der Waals surface area contributed by atoms with E-state index in [2.05, 4.69) is 5.92 Å².